The number of hydroxylamine groups is 2. The van der Waals surface area contributed by atoms with Crippen LogP contribution in [0.1, 0.15) is 28.9 Å². The number of nitrogens with two attached hydrogens (primary N) is 1. The molecule has 5 rings (SSSR count). The second kappa shape index (κ2) is 7.82. The molecule has 162 valence electrons. The average Bonchev–Trinajstić information content (AvgIpc) is 3.35. The van der Waals surface area contributed by atoms with Crippen LogP contribution in [0.2, 0.25) is 0 Å². The van der Waals surface area contributed by atoms with Gasteiger partial charge in [-0.3, -0.25) is 9.63 Å². The smallest absolute Gasteiger partial charge is 0.346 e. The number of hydrogen-bond acceptors (Lipinski definition) is 5. The van der Waals surface area contributed by atoms with E-state index in [9.17, 15) is 14.4 Å². The number of benzene rings is 2. The summed E-state index contributed by atoms with van der Waals surface area (Å²) in [5.74, 6) is -0.725. The lowest BCUT2D eigenvalue weighted by molar-refractivity contribution is -0.141. The number of nitrogens with one attached hydrogen (secondary N) is 1. The number of rotatable bonds is 5. The molecule has 32 heavy (non-hydrogen) atoms. The van der Waals surface area contributed by atoms with Crippen LogP contribution in [-0.2, 0) is 16.2 Å². The molecular weight excluding hydrogens is 412 g/mol. The number of hydrogen-bond donors (Lipinski definition) is 2. The van der Waals surface area contributed by atoms with Gasteiger partial charge in [0.1, 0.15) is 18.3 Å². The molecule has 4 amide bonds. The molecule has 2 aromatic carbocycles. The Balaban J connectivity index is 1.44. The second-order valence-electron chi connectivity index (χ2n) is 7.55. The van der Waals surface area contributed by atoms with Crippen molar-refractivity contribution in [3.05, 3.63) is 83.7 Å². The highest BCUT2D eigenvalue weighted by atomic mass is 16.7. The van der Waals surface area contributed by atoms with E-state index in [1.54, 1.807) is 24.3 Å². The number of urea groups is 1. The molecule has 10 heteroatoms. The van der Waals surface area contributed by atoms with Crippen LogP contribution in [0.15, 0.2) is 66.9 Å². The topological polar surface area (TPSA) is 123 Å². The third kappa shape index (κ3) is 3.36. The number of primary amides is 1. The predicted octanol–water partition coefficient (Wildman–Crippen LogP) is 2.41. The van der Waals surface area contributed by atoms with Crippen molar-refractivity contribution in [2.75, 3.05) is 11.9 Å². The van der Waals surface area contributed by atoms with Gasteiger partial charge in [0.2, 0.25) is 5.91 Å². The van der Waals surface area contributed by atoms with Gasteiger partial charge in [-0.2, -0.15) is 14.8 Å². The van der Waals surface area contributed by atoms with Gasteiger partial charge < -0.3 is 16.0 Å². The highest BCUT2D eigenvalue weighted by Gasteiger charge is 2.52. The first kappa shape index (κ1) is 19.8. The second-order valence-corrected chi connectivity index (χ2v) is 7.55. The number of fused-ring (bicyclic) bond motifs is 4. The Morgan fingerprint density at radius 2 is 1.78 bits per heavy atom. The Kier molecular flexibility index (Phi) is 4.83. The number of carbonyl (C=O) groups excluding carboxylic acids is 3. The Morgan fingerprint density at radius 3 is 2.47 bits per heavy atom. The van der Waals surface area contributed by atoms with Crippen molar-refractivity contribution in [1.82, 2.24) is 19.7 Å². The molecular formula is C22H20N6O4. The summed E-state index contributed by atoms with van der Waals surface area (Å²) in [7, 11) is 0. The SMILES string of the molecule is NC(=O)C1c2nn(C(=O)Nc3ccccc3)cc2C2CN1C(=O)N2OCc1ccccc1. The molecule has 0 saturated carbocycles. The zero-order chi connectivity index (χ0) is 22.2. The molecule has 0 spiro atoms. The van der Waals surface area contributed by atoms with Gasteiger partial charge in [0, 0.05) is 17.4 Å². The van der Waals surface area contributed by atoms with Crippen molar-refractivity contribution >= 4 is 23.7 Å². The molecule has 1 aromatic heterocycles. The summed E-state index contributed by atoms with van der Waals surface area (Å²) in [5.41, 5.74) is 7.92. The van der Waals surface area contributed by atoms with Crippen LogP contribution in [-0.4, -0.2) is 44.3 Å². The van der Waals surface area contributed by atoms with Crippen molar-refractivity contribution in [3.63, 3.8) is 0 Å². The van der Waals surface area contributed by atoms with E-state index in [2.05, 4.69) is 10.4 Å². The maximum absolute atomic E-state index is 13.0. The normalized spacial score (nSPS) is 19.1. The van der Waals surface area contributed by atoms with Crippen molar-refractivity contribution in [2.45, 2.75) is 18.7 Å². The van der Waals surface area contributed by atoms with E-state index in [1.807, 2.05) is 36.4 Å². The molecule has 3 aromatic rings. The highest BCUT2D eigenvalue weighted by Crippen LogP contribution is 2.43. The number of aromatic nitrogens is 2. The summed E-state index contributed by atoms with van der Waals surface area (Å²) in [6, 6.07) is 15.8. The third-order valence-corrected chi connectivity index (χ3v) is 5.50. The molecule has 3 N–H and O–H groups in total. The van der Waals surface area contributed by atoms with Gasteiger partial charge in [0.25, 0.3) is 0 Å². The minimum atomic E-state index is -1.08. The van der Waals surface area contributed by atoms with Crippen LogP contribution in [0.3, 0.4) is 0 Å². The molecule has 1 saturated heterocycles. The van der Waals surface area contributed by atoms with Gasteiger partial charge in [-0.1, -0.05) is 48.5 Å². The fraction of sp³-hybridized carbons (Fsp3) is 0.182. The molecule has 1 fully saturated rings. The summed E-state index contributed by atoms with van der Waals surface area (Å²) < 4.78 is 1.12. The Morgan fingerprint density at radius 1 is 1.09 bits per heavy atom. The lowest BCUT2D eigenvalue weighted by Crippen LogP contribution is -2.41. The Bertz CT molecular complexity index is 1180. The molecule has 2 aliphatic rings. The number of carbonyl (C=O) groups is 3. The summed E-state index contributed by atoms with van der Waals surface area (Å²) in [5, 5.41) is 8.28. The van der Waals surface area contributed by atoms with Crippen molar-refractivity contribution in [1.29, 1.82) is 0 Å². The molecule has 0 radical (unpaired) electrons. The van der Waals surface area contributed by atoms with Crippen molar-refractivity contribution < 1.29 is 19.2 Å². The fourth-order valence-corrected chi connectivity index (χ4v) is 4.01. The predicted molar refractivity (Wildman–Crippen MR) is 113 cm³/mol. The molecule has 2 aliphatic heterocycles. The molecule has 2 atom stereocenters. The van der Waals surface area contributed by atoms with Crippen molar-refractivity contribution in [3.8, 4) is 0 Å². The molecule has 2 unspecified atom stereocenters. The average molecular weight is 432 g/mol. The maximum Gasteiger partial charge on any atom is 0.346 e. The summed E-state index contributed by atoms with van der Waals surface area (Å²) in [6.45, 7) is 0.385. The van der Waals surface area contributed by atoms with E-state index in [4.69, 9.17) is 10.6 Å². The van der Waals surface area contributed by atoms with Crippen LogP contribution in [0.4, 0.5) is 15.3 Å². The first-order valence-electron chi connectivity index (χ1n) is 10.0. The Hall–Kier alpha value is -4.18. The van der Waals surface area contributed by atoms with Gasteiger partial charge in [-0.15, -0.1) is 0 Å². The van der Waals surface area contributed by atoms with E-state index in [0.29, 0.717) is 11.3 Å². The molecule has 2 bridgehead atoms. The highest BCUT2D eigenvalue weighted by molar-refractivity contribution is 5.92. The quantitative estimate of drug-likeness (QED) is 0.641. The number of nitrogens with zero attached hydrogens (tertiary/aromatic N) is 4. The first-order chi connectivity index (χ1) is 15.5. The van der Waals surface area contributed by atoms with Crippen LogP contribution >= 0.6 is 0 Å². The molecule has 0 aliphatic carbocycles. The fourth-order valence-electron chi connectivity index (χ4n) is 4.01. The van der Waals surface area contributed by atoms with Gasteiger partial charge >= 0.3 is 12.1 Å². The third-order valence-electron chi connectivity index (χ3n) is 5.50. The van der Waals surface area contributed by atoms with Gasteiger partial charge in [-0.25, -0.2) is 9.59 Å². The first-order valence-corrected chi connectivity index (χ1v) is 10.0. The lowest BCUT2D eigenvalue weighted by atomic mass is 9.98. The van der Waals surface area contributed by atoms with Crippen LogP contribution in [0, 0.1) is 0 Å². The van der Waals surface area contributed by atoms with E-state index in [-0.39, 0.29) is 18.8 Å². The monoisotopic (exact) mass is 432 g/mol. The number of para-hydroxylation sites is 1. The van der Waals surface area contributed by atoms with Crippen molar-refractivity contribution in [2.24, 2.45) is 5.73 Å². The van der Waals surface area contributed by atoms with E-state index in [1.165, 1.54) is 16.2 Å². The minimum Gasteiger partial charge on any atom is -0.368 e. The molecule has 3 heterocycles. The van der Waals surface area contributed by atoms with Gasteiger partial charge in [-0.05, 0) is 17.7 Å². The van der Waals surface area contributed by atoms with E-state index < -0.39 is 30.1 Å². The lowest BCUT2D eigenvalue weighted by Gasteiger charge is -2.26. The zero-order valence-electron chi connectivity index (χ0n) is 16.9. The summed E-state index contributed by atoms with van der Waals surface area (Å²) >= 11 is 0. The van der Waals surface area contributed by atoms with Gasteiger partial charge in [0.15, 0.2) is 6.04 Å². The van der Waals surface area contributed by atoms with E-state index in [0.717, 1.165) is 10.2 Å². The van der Waals surface area contributed by atoms with Gasteiger partial charge in [0.05, 0.1) is 6.54 Å². The standard InChI is InChI=1S/C22H20N6O4/c23-20(29)19-18-16(11-27(25-18)21(30)24-15-9-5-2-6-10-15)17-12-26(19)22(31)28(17)32-13-14-7-3-1-4-8-14/h1-11,17,19H,12-13H2,(H2,23,29)(H,24,30). The number of anilines is 1. The van der Waals surface area contributed by atoms with Crippen LogP contribution in [0.25, 0.3) is 0 Å². The van der Waals surface area contributed by atoms with Crippen LogP contribution in [0.5, 0.6) is 0 Å². The zero-order valence-corrected chi connectivity index (χ0v) is 16.9. The van der Waals surface area contributed by atoms with Crippen LogP contribution < -0.4 is 11.1 Å². The Labute approximate surface area is 183 Å². The molecule has 10 nitrogen and oxygen atoms in total. The minimum absolute atomic E-state index is 0.177. The van der Waals surface area contributed by atoms with E-state index >= 15 is 0 Å². The summed E-state index contributed by atoms with van der Waals surface area (Å²) in [4.78, 5) is 45.0. The maximum atomic E-state index is 13.0. The largest absolute Gasteiger partial charge is 0.368 e. The summed E-state index contributed by atoms with van der Waals surface area (Å²) in [6.07, 6.45) is 1.52. The number of amides is 4.